The summed E-state index contributed by atoms with van der Waals surface area (Å²) in [7, 11) is -0.630. The van der Waals surface area contributed by atoms with Crippen molar-refractivity contribution in [3.63, 3.8) is 0 Å². The van der Waals surface area contributed by atoms with Crippen molar-refractivity contribution in [1.82, 2.24) is 9.65 Å². The Morgan fingerprint density at radius 3 is 2.81 bits per heavy atom. The molecule has 2 aliphatic rings. The molecule has 5 nitrogen and oxygen atoms in total. The number of amides is 1. The fraction of sp³-hybridized carbons (Fsp3) is 0.474. The zero-order valence-corrected chi connectivity index (χ0v) is 17.2. The first-order valence-corrected chi connectivity index (χ1v) is 11.2. The van der Waals surface area contributed by atoms with Crippen LogP contribution in [0.3, 0.4) is 0 Å². The number of benzene rings is 1. The second kappa shape index (κ2) is 6.91. The lowest BCUT2D eigenvalue weighted by Crippen LogP contribution is -2.28. The highest BCUT2D eigenvalue weighted by Crippen LogP contribution is 2.55. The number of rotatable bonds is 3. The SMILES string of the molecule is CC(C)(C)C(=O)Nc1csc(P2N(c3ccccc3)C[C@@H]3CCCN32)n1. The van der Waals surface area contributed by atoms with E-state index in [4.69, 9.17) is 4.98 Å². The second-order valence-corrected chi connectivity index (χ2v) is 11.0. The Morgan fingerprint density at radius 1 is 1.31 bits per heavy atom. The van der Waals surface area contributed by atoms with E-state index in [1.165, 1.54) is 18.5 Å². The fourth-order valence-electron chi connectivity index (χ4n) is 3.42. The van der Waals surface area contributed by atoms with Gasteiger partial charge < -0.3 is 9.99 Å². The van der Waals surface area contributed by atoms with Crippen LogP contribution in [-0.4, -0.2) is 34.7 Å². The normalized spacial score (nSPS) is 23.3. The number of carbonyl (C=O) groups is 1. The van der Waals surface area contributed by atoms with Gasteiger partial charge in [0.25, 0.3) is 0 Å². The van der Waals surface area contributed by atoms with Gasteiger partial charge in [0.1, 0.15) is 14.0 Å². The Morgan fingerprint density at radius 2 is 2.08 bits per heavy atom. The van der Waals surface area contributed by atoms with Gasteiger partial charge in [0, 0.05) is 35.6 Å². The maximum absolute atomic E-state index is 12.3. The first-order chi connectivity index (χ1) is 12.4. The van der Waals surface area contributed by atoms with E-state index in [-0.39, 0.29) is 5.91 Å². The van der Waals surface area contributed by atoms with Crippen LogP contribution in [-0.2, 0) is 4.79 Å². The number of fused-ring (bicyclic) bond motifs is 1. The molecule has 7 heteroatoms. The average molecular weight is 388 g/mol. The van der Waals surface area contributed by atoms with Crippen molar-refractivity contribution < 1.29 is 4.79 Å². The Labute approximate surface area is 160 Å². The van der Waals surface area contributed by atoms with Gasteiger partial charge in [-0.1, -0.05) is 39.0 Å². The monoisotopic (exact) mass is 388 g/mol. The molecule has 1 amide bonds. The summed E-state index contributed by atoms with van der Waals surface area (Å²) >= 11 is 1.67. The van der Waals surface area contributed by atoms with Gasteiger partial charge >= 0.3 is 0 Å². The minimum absolute atomic E-state index is 0.00696. The van der Waals surface area contributed by atoms with Gasteiger partial charge in [-0.05, 0) is 25.0 Å². The minimum Gasteiger partial charge on any atom is -0.331 e. The smallest absolute Gasteiger partial charge is 0.230 e. The quantitative estimate of drug-likeness (QED) is 0.806. The lowest BCUT2D eigenvalue weighted by molar-refractivity contribution is -0.123. The van der Waals surface area contributed by atoms with E-state index in [9.17, 15) is 4.79 Å². The number of carbonyl (C=O) groups excluding carboxylic acids is 1. The molecule has 1 aromatic carbocycles. The van der Waals surface area contributed by atoms with Crippen LogP contribution in [0.15, 0.2) is 35.7 Å². The Bertz CT molecular complexity index is 788. The van der Waals surface area contributed by atoms with E-state index in [0.717, 1.165) is 17.8 Å². The molecule has 1 aromatic heterocycles. The van der Waals surface area contributed by atoms with Crippen LogP contribution >= 0.6 is 19.6 Å². The molecule has 0 spiro atoms. The second-order valence-electron chi connectivity index (χ2n) is 7.89. The molecule has 138 valence electrons. The summed E-state index contributed by atoms with van der Waals surface area (Å²) in [6, 6.07) is 11.3. The molecule has 2 fully saturated rings. The zero-order valence-electron chi connectivity index (χ0n) is 15.5. The lowest BCUT2D eigenvalue weighted by Gasteiger charge is -2.28. The topological polar surface area (TPSA) is 48.5 Å². The van der Waals surface area contributed by atoms with Crippen molar-refractivity contribution in [1.29, 1.82) is 0 Å². The Hall–Kier alpha value is -1.49. The molecule has 0 aliphatic carbocycles. The number of anilines is 2. The van der Waals surface area contributed by atoms with Crippen molar-refractivity contribution in [2.45, 2.75) is 39.7 Å². The standard InChI is InChI=1S/C19H25N4OPS/c1-19(2,3)17(24)20-16-13-26-18(21-16)25-22-11-7-10-15(22)12-23(25)14-8-5-4-6-9-14/h4-6,8-9,13,15H,7,10-12H2,1-3H3,(H,20,24)/t15-,25?/m0/s1. The number of hydrogen-bond donors (Lipinski definition) is 1. The third-order valence-corrected chi connectivity index (χ3v) is 8.60. The third-order valence-electron chi connectivity index (χ3n) is 4.84. The molecule has 1 N–H and O–H groups in total. The highest BCUT2D eigenvalue weighted by Gasteiger charge is 2.44. The van der Waals surface area contributed by atoms with Crippen LogP contribution in [0.5, 0.6) is 0 Å². The lowest BCUT2D eigenvalue weighted by atomic mass is 9.96. The maximum atomic E-state index is 12.3. The predicted octanol–water partition coefficient (Wildman–Crippen LogP) is 4.05. The van der Waals surface area contributed by atoms with Gasteiger partial charge in [-0.15, -0.1) is 11.3 Å². The van der Waals surface area contributed by atoms with E-state index in [1.54, 1.807) is 11.3 Å². The molecule has 2 saturated heterocycles. The molecule has 2 atom stereocenters. The molecule has 3 heterocycles. The summed E-state index contributed by atoms with van der Waals surface area (Å²) in [6.07, 6.45) is 2.53. The van der Waals surface area contributed by atoms with E-state index in [2.05, 4.69) is 45.0 Å². The number of thiazole rings is 1. The molecule has 26 heavy (non-hydrogen) atoms. The zero-order chi connectivity index (χ0) is 18.3. The summed E-state index contributed by atoms with van der Waals surface area (Å²) in [5, 5.41) is 4.95. The minimum atomic E-state index is -0.630. The molecule has 4 rings (SSSR count). The van der Waals surface area contributed by atoms with Crippen LogP contribution < -0.4 is 14.7 Å². The predicted molar refractivity (Wildman–Crippen MR) is 110 cm³/mol. The first kappa shape index (κ1) is 17.9. The van der Waals surface area contributed by atoms with E-state index in [0.29, 0.717) is 11.9 Å². The number of hydrogen-bond acceptors (Lipinski definition) is 5. The van der Waals surface area contributed by atoms with Crippen LogP contribution in [0.2, 0.25) is 0 Å². The summed E-state index contributed by atoms with van der Waals surface area (Å²) in [4.78, 5) is 17.1. The highest BCUT2D eigenvalue weighted by atomic mass is 32.1. The number of para-hydroxylation sites is 1. The van der Waals surface area contributed by atoms with Crippen molar-refractivity contribution in [3.05, 3.63) is 35.7 Å². The van der Waals surface area contributed by atoms with Crippen LogP contribution in [0.25, 0.3) is 0 Å². The van der Waals surface area contributed by atoms with Crippen molar-refractivity contribution in [2.75, 3.05) is 23.1 Å². The summed E-state index contributed by atoms with van der Waals surface area (Å²) < 4.78 is 6.28. The molecular weight excluding hydrogens is 363 g/mol. The molecule has 2 aliphatic heterocycles. The maximum Gasteiger partial charge on any atom is 0.230 e. The molecule has 0 bridgehead atoms. The third kappa shape index (κ3) is 3.38. The van der Waals surface area contributed by atoms with Crippen molar-refractivity contribution in [3.8, 4) is 0 Å². The summed E-state index contributed by atoms with van der Waals surface area (Å²) in [6.45, 7) is 7.97. The van der Waals surface area contributed by atoms with E-state index in [1.807, 2.05) is 26.2 Å². The number of aromatic nitrogens is 1. The Kier molecular flexibility index (Phi) is 4.76. The van der Waals surface area contributed by atoms with Gasteiger partial charge in [0.15, 0.2) is 4.75 Å². The fourth-order valence-corrected chi connectivity index (χ4v) is 7.47. The van der Waals surface area contributed by atoms with E-state index >= 15 is 0 Å². The van der Waals surface area contributed by atoms with Crippen molar-refractivity contribution in [2.24, 2.45) is 5.41 Å². The Balaban J connectivity index is 1.61. The molecule has 2 aromatic rings. The first-order valence-electron chi connectivity index (χ1n) is 9.09. The number of nitrogens with one attached hydrogen (secondary N) is 1. The molecule has 0 saturated carbocycles. The van der Waals surface area contributed by atoms with Crippen LogP contribution in [0, 0.1) is 5.41 Å². The summed E-state index contributed by atoms with van der Waals surface area (Å²) in [5.74, 6) is 0.690. The van der Waals surface area contributed by atoms with Crippen LogP contribution in [0.1, 0.15) is 33.6 Å². The highest BCUT2D eigenvalue weighted by molar-refractivity contribution is 7.70. The average Bonchev–Trinajstić information content (AvgIpc) is 3.30. The summed E-state index contributed by atoms with van der Waals surface area (Å²) in [5.41, 5.74) is 0.849. The van der Waals surface area contributed by atoms with Gasteiger partial charge in [-0.2, -0.15) is 0 Å². The molecule has 0 radical (unpaired) electrons. The van der Waals surface area contributed by atoms with Gasteiger partial charge in [-0.3, -0.25) is 9.46 Å². The van der Waals surface area contributed by atoms with Gasteiger partial charge in [0.05, 0.1) is 0 Å². The van der Waals surface area contributed by atoms with Crippen molar-refractivity contribution >= 4 is 41.7 Å². The molecule has 1 unspecified atom stereocenters. The van der Waals surface area contributed by atoms with Gasteiger partial charge in [-0.25, -0.2) is 4.98 Å². The van der Waals surface area contributed by atoms with Crippen LogP contribution in [0.4, 0.5) is 11.5 Å². The largest absolute Gasteiger partial charge is 0.331 e. The number of nitrogens with zero attached hydrogens (tertiary/aromatic N) is 3. The van der Waals surface area contributed by atoms with E-state index < -0.39 is 13.6 Å². The molecular formula is C19H25N4OPS. The van der Waals surface area contributed by atoms with Gasteiger partial charge in [0.2, 0.25) is 5.91 Å².